The zero-order valence-electron chi connectivity index (χ0n) is 11.5. The van der Waals surface area contributed by atoms with Crippen molar-refractivity contribution < 1.29 is 4.79 Å². The van der Waals surface area contributed by atoms with Crippen molar-refractivity contribution in [2.75, 3.05) is 5.73 Å². The molecule has 3 N–H and O–H groups in total. The number of carbonyl (C=O) groups excluding carboxylic acids is 1. The lowest BCUT2D eigenvalue weighted by molar-refractivity contribution is 0.0940. The third-order valence-corrected chi connectivity index (χ3v) is 3.64. The maximum absolute atomic E-state index is 12.3. The van der Waals surface area contributed by atoms with Gasteiger partial charge >= 0.3 is 0 Å². The van der Waals surface area contributed by atoms with E-state index in [0.717, 1.165) is 15.6 Å². The van der Waals surface area contributed by atoms with E-state index in [1.165, 1.54) is 0 Å². The van der Waals surface area contributed by atoms with Crippen molar-refractivity contribution in [2.45, 2.75) is 19.9 Å². The number of aryl methyl sites for hydroxylation is 1. The Morgan fingerprint density at radius 2 is 2.00 bits per heavy atom. The highest BCUT2D eigenvalue weighted by molar-refractivity contribution is 9.10. The topological polar surface area (TPSA) is 55.1 Å². The number of anilines is 1. The van der Waals surface area contributed by atoms with Gasteiger partial charge in [0.2, 0.25) is 0 Å². The van der Waals surface area contributed by atoms with Crippen LogP contribution in [0.3, 0.4) is 0 Å². The number of hydrogen-bond donors (Lipinski definition) is 2. The largest absolute Gasteiger partial charge is 0.398 e. The Morgan fingerprint density at radius 3 is 2.70 bits per heavy atom. The minimum Gasteiger partial charge on any atom is -0.398 e. The molecule has 0 unspecified atom stereocenters. The first-order valence-corrected chi connectivity index (χ1v) is 7.19. The predicted molar refractivity (Wildman–Crippen MR) is 85.6 cm³/mol. The number of benzene rings is 2. The van der Waals surface area contributed by atoms with Gasteiger partial charge < -0.3 is 11.1 Å². The van der Waals surface area contributed by atoms with E-state index in [0.29, 0.717) is 11.3 Å². The minimum absolute atomic E-state index is 0.0834. The molecule has 2 aromatic carbocycles. The number of halogens is 1. The van der Waals surface area contributed by atoms with Crippen LogP contribution in [0.25, 0.3) is 0 Å². The lowest BCUT2D eigenvalue weighted by Crippen LogP contribution is -2.27. The van der Waals surface area contributed by atoms with Crippen molar-refractivity contribution in [1.29, 1.82) is 0 Å². The third-order valence-electron chi connectivity index (χ3n) is 3.15. The summed E-state index contributed by atoms with van der Waals surface area (Å²) in [6.45, 7) is 3.89. The average Bonchev–Trinajstić information content (AvgIpc) is 2.41. The summed E-state index contributed by atoms with van der Waals surface area (Å²) >= 11 is 3.43. The van der Waals surface area contributed by atoms with Gasteiger partial charge in [0.15, 0.2) is 0 Å². The van der Waals surface area contributed by atoms with Crippen molar-refractivity contribution in [2.24, 2.45) is 0 Å². The summed E-state index contributed by atoms with van der Waals surface area (Å²) in [7, 11) is 0. The van der Waals surface area contributed by atoms with Crippen LogP contribution in [-0.2, 0) is 0 Å². The molecule has 104 valence electrons. The van der Waals surface area contributed by atoms with E-state index in [9.17, 15) is 4.79 Å². The Hall–Kier alpha value is -1.81. The summed E-state index contributed by atoms with van der Waals surface area (Å²) in [6, 6.07) is 13.2. The van der Waals surface area contributed by atoms with E-state index in [1.807, 2.05) is 44.2 Å². The number of nitrogen functional groups attached to an aromatic ring is 1. The molecular weight excluding hydrogens is 316 g/mol. The first-order valence-electron chi connectivity index (χ1n) is 6.40. The number of nitrogens with one attached hydrogen (secondary N) is 1. The number of carbonyl (C=O) groups is 1. The standard InChI is InChI=1S/C16H17BrN2O/c1-10-6-7-15(18)14(8-10)16(20)19-11(2)12-4-3-5-13(17)9-12/h3-9,11H,18H2,1-2H3,(H,19,20)/t11-/m1/s1. The molecule has 0 bridgehead atoms. The van der Waals surface area contributed by atoms with Gasteiger partial charge in [-0.2, -0.15) is 0 Å². The Labute approximate surface area is 127 Å². The molecular formula is C16H17BrN2O. The molecule has 2 aromatic rings. The van der Waals surface area contributed by atoms with Gasteiger partial charge in [-0.3, -0.25) is 4.79 Å². The Kier molecular flexibility index (Phi) is 4.45. The van der Waals surface area contributed by atoms with Crippen molar-refractivity contribution in [3.05, 3.63) is 63.6 Å². The second kappa shape index (κ2) is 6.09. The average molecular weight is 333 g/mol. The van der Waals surface area contributed by atoms with Crippen molar-refractivity contribution in [1.82, 2.24) is 5.32 Å². The van der Waals surface area contributed by atoms with Gasteiger partial charge in [-0.15, -0.1) is 0 Å². The predicted octanol–water partition coefficient (Wildman–Crippen LogP) is 3.83. The lowest BCUT2D eigenvalue weighted by Gasteiger charge is -2.16. The molecule has 0 aliphatic rings. The van der Waals surface area contributed by atoms with E-state index < -0.39 is 0 Å². The fourth-order valence-electron chi connectivity index (χ4n) is 2.00. The summed E-state index contributed by atoms with van der Waals surface area (Å²) in [4.78, 5) is 12.3. The molecule has 0 aromatic heterocycles. The second-order valence-electron chi connectivity index (χ2n) is 4.84. The maximum Gasteiger partial charge on any atom is 0.253 e. The fraction of sp³-hybridized carbons (Fsp3) is 0.188. The molecule has 1 amide bonds. The number of nitrogens with two attached hydrogens (primary N) is 1. The summed E-state index contributed by atoms with van der Waals surface area (Å²) in [5.41, 5.74) is 8.93. The summed E-state index contributed by atoms with van der Waals surface area (Å²) in [5, 5.41) is 2.97. The molecule has 2 rings (SSSR count). The molecule has 0 fully saturated rings. The lowest BCUT2D eigenvalue weighted by atomic mass is 10.1. The monoisotopic (exact) mass is 332 g/mol. The van der Waals surface area contributed by atoms with Crippen LogP contribution in [0.2, 0.25) is 0 Å². The van der Waals surface area contributed by atoms with Crippen LogP contribution in [-0.4, -0.2) is 5.91 Å². The highest BCUT2D eigenvalue weighted by atomic mass is 79.9. The molecule has 0 saturated carbocycles. The SMILES string of the molecule is Cc1ccc(N)c(C(=O)N[C@H](C)c2cccc(Br)c2)c1. The van der Waals surface area contributed by atoms with E-state index in [4.69, 9.17) is 5.73 Å². The van der Waals surface area contributed by atoms with E-state index in [1.54, 1.807) is 12.1 Å². The summed E-state index contributed by atoms with van der Waals surface area (Å²) < 4.78 is 0.992. The fourth-order valence-corrected chi connectivity index (χ4v) is 2.42. The first-order chi connectivity index (χ1) is 9.47. The highest BCUT2D eigenvalue weighted by Gasteiger charge is 2.14. The minimum atomic E-state index is -0.154. The summed E-state index contributed by atoms with van der Waals surface area (Å²) in [6.07, 6.45) is 0. The highest BCUT2D eigenvalue weighted by Crippen LogP contribution is 2.19. The normalized spacial score (nSPS) is 11.9. The zero-order chi connectivity index (χ0) is 14.7. The van der Waals surface area contributed by atoms with Gasteiger partial charge in [0, 0.05) is 10.2 Å². The zero-order valence-corrected chi connectivity index (χ0v) is 13.1. The molecule has 4 heteroatoms. The molecule has 0 saturated heterocycles. The van der Waals surface area contributed by atoms with Crippen LogP contribution in [0, 0.1) is 6.92 Å². The van der Waals surface area contributed by atoms with E-state index in [-0.39, 0.29) is 11.9 Å². The van der Waals surface area contributed by atoms with Crippen LogP contribution < -0.4 is 11.1 Å². The molecule has 0 spiro atoms. The number of rotatable bonds is 3. The van der Waals surface area contributed by atoms with Crippen LogP contribution in [0.4, 0.5) is 5.69 Å². The molecule has 20 heavy (non-hydrogen) atoms. The van der Waals surface area contributed by atoms with Crippen LogP contribution >= 0.6 is 15.9 Å². The van der Waals surface area contributed by atoms with Crippen molar-refractivity contribution in [3.63, 3.8) is 0 Å². The molecule has 3 nitrogen and oxygen atoms in total. The van der Waals surface area contributed by atoms with Gasteiger partial charge in [0.1, 0.15) is 0 Å². The molecule has 0 heterocycles. The maximum atomic E-state index is 12.3. The van der Waals surface area contributed by atoms with Crippen LogP contribution in [0.15, 0.2) is 46.9 Å². The quantitative estimate of drug-likeness (QED) is 0.839. The molecule has 0 aliphatic heterocycles. The Bertz CT molecular complexity index is 640. The second-order valence-corrected chi connectivity index (χ2v) is 5.76. The van der Waals surface area contributed by atoms with E-state index >= 15 is 0 Å². The first kappa shape index (κ1) is 14.6. The van der Waals surface area contributed by atoms with Gasteiger partial charge in [0.05, 0.1) is 11.6 Å². The van der Waals surface area contributed by atoms with E-state index in [2.05, 4.69) is 21.2 Å². The van der Waals surface area contributed by atoms with Crippen molar-refractivity contribution in [3.8, 4) is 0 Å². The number of hydrogen-bond acceptors (Lipinski definition) is 2. The van der Waals surface area contributed by atoms with Crippen LogP contribution in [0.1, 0.15) is 34.5 Å². The summed E-state index contributed by atoms with van der Waals surface area (Å²) in [5.74, 6) is -0.154. The third kappa shape index (κ3) is 3.39. The Morgan fingerprint density at radius 1 is 1.25 bits per heavy atom. The number of amides is 1. The van der Waals surface area contributed by atoms with Gasteiger partial charge in [-0.05, 0) is 43.7 Å². The van der Waals surface area contributed by atoms with Gasteiger partial charge in [-0.1, -0.05) is 39.7 Å². The molecule has 1 atom stereocenters. The molecule has 0 aliphatic carbocycles. The smallest absolute Gasteiger partial charge is 0.253 e. The van der Waals surface area contributed by atoms with Gasteiger partial charge in [-0.25, -0.2) is 0 Å². The Balaban J connectivity index is 2.17. The molecule has 0 radical (unpaired) electrons. The van der Waals surface area contributed by atoms with Gasteiger partial charge in [0.25, 0.3) is 5.91 Å². The van der Waals surface area contributed by atoms with Crippen LogP contribution in [0.5, 0.6) is 0 Å². The van der Waals surface area contributed by atoms with Crippen molar-refractivity contribution >= 4 is 27.5 Å².